The first-order chi connectivity index (χ1) is 20.2. The lowest BCUT2D eigenvalue weighted by Crippen LogP contribution is -2.00. The van der Waals surface area contributed by atoms with Crippen LogP contribution in [-0.2, 0) is 0 Å². The van der Waals surface area contributed by atoms with Crippen LogP contribution in [0.2, 0.25) is 0 Å². The lowest BCUT2D eigenvalue weighted by molar-refractivity contribution is 1.01. The fourth-order valence-corrected chi connectivity index (χ4v) is 5.86. The van der Waals surface area contributed by atoms with Gasteiger partial charge >= 0.3 is 0 Å². The summed E-state index contributed by atoms with van der Waals surface area (Å²) in [6.07, 6.45) is 18.8. The van der Waals surface area contributed by atoms with E-state index in [1.54, 1.807) is 6.20 Å². The van der Waals surface area contributed by atoms with Gasteiger partial charge in [-0.25, -0.2) is 0 Å². The smallest absolute Gasteiger partial charge is 0.0635 e. The Bertz CT molecular complexity index is 1930. The molecule has 0 bridgehead atoms. The monoisotopic (exact) mass is 531 g/mol. The Labute approximate surface area is 241 Å². The summed E-state index contributed by atoms with van der Waals surface area (Å²) < 4.78 is 4.77. The standard InChI is InChI=1S/C38H33N3/c1-5-14-35-32(6-2)33-21-22-36-34(38(33)41(35)31-20-13-17-29(25-31)27(3)23-24-39-4)26-37(28-15-9-7-10-16-28)40(36)30-18-11-8-12-19-30/h5-7,9-11,13-26H,2-4,8,12H2,1H3/b14-5-,24-23-. The molecule has 1 aliphatic carbocycles. The van der Waals surface area contributed by atoms with Crippen molar-refractivity contribution in [2.24, 2.45) is 4.99 Å². The first-order valence-electron chi connectivity index (χ1n) is 14.0. The molecule has 0 saturated carbocycles. The van der Waals surface area contributed by atoms with Gasteiger partial charge in [0, 0.05) is 33.9 Å². The second-order valence-corrected chi connectivity index (χ2v) is 10.1. The fraction of sp³-hybridized carbons (Fsp3) is 0.0789. The van der Waals surface area contributed by atoms with Crippen LogP contribution in [0.1, 0.15) is 36.6 Å². The predicted octanol–water partition coefficient (Wildman–Crippen LogP) is 10.3. The van der Waals surface area contributed by atoms with Gasteiger partial charge in [0.15, 0.2) is 0 Å². The average Bonchev–Trinajstić information content (AvgIpc) is 3.56. The van der Waals surface area contributed by atoms with Crippen molar-refractivity contribution in [3.05, 3.63) is 139 Å². The second-order valence-electron chi connectivity index (χ2n) is 10.1. The van der Waals surface area contributed by atoms with E-state index in [2.05, 4.69) is 144 Å². The number of aromatic nitrogens is 2. The molecular weight excluding hydrogens is 498 g/mol. The molecule has 5 aromatic rings. The Kier molecular flexibility index (Phi) is 7.09. The molecule has 0 N–H and O–H groups in total. The van der Waals surface area contributed by atoms with Gasteiger partial charge in [-0.05, 0) is 85.7 Å². The third-order valence-electron chi connectivity index (χ3n) is 7.68. The summed E-state index contributed by atoms with van der Waals surface area (Å²) in [5.74, 6) is 0. The predicted molar refractivity (Wildman–Crippen MR) is 179 cm³/mol. The van der Waals surface area contributed by atoms with Crippen molar-refractivity contribution in [1.82, 2.24) is 9.13 Å². The van der Waals surface area contributed by atoms with Crippen molar-refractivity contribution in [1.29, 1.82) is 0 Å². The first kappa shape index (κ1) is 26.1. The summed E-state index contributed by atoms with van der Waals surface area (Å²) >= 11 is 0. The van der Waals surface area contributed by atoms with Gasteiger partial charge in [-0.3, -0.25) is 4.99 Å². The number of hydrogen-bond donors (Lipinski definition) is 0. The van der Waals surface area contributed by atoms with Crippen LogP contribution < -0.4 is 0 Å². The lowest BCUT2D eigenvalue weighted by Gasteiger charge is -2.15. The normalized spacial score (nSPS) is 13.4. The van der Waals surface area contributed by atoms with Gasteiger partial charge in [0.25, 0.3) is 0 Å². The van der Waals surface area contributed by atoms with Crippen molar-refractivity contribution in [2.75, 3.05) is 0 Å². The molecule has 0 amide bonds. The zero-order valence-electron chi connectivity index (χ0n) is 23.4. The van der Waals surface area contributed by atoms with Gasteiger partial charge < -0.3 is 9.13 Å². The van der Waals surface area contributed by atoms with E-state index in [4.69, 9.17) is 0 Å². The minimum absolute atomic E-state index is 0.880. The summed E-state index contributed by atoms with van der Waals surface area (Å²) in [4.78, 5) is 3.86. The van der Waals surface area contributed by atoms with E-state index in [0.29, 0.717) is 0 Å². The molecule has 0 spiro atoms. The highest BCUT2D eigenvalue weighted by Crippen LogP contribution is 2.41. The molecule has 0 aliphatic heterocycles. The summed E-state index contributed by atoms with van der Waals surface area (Å²) in [6, 6.07) is 26.0. The van der Waals surface area contributed by atoms with Gasteiger partial charge in [0.05, 0.1) is 22.4 Å². The van der Waals surface area contributed by atoms with E-state index in [1.165, 1.54) is 33.2 Å². The SMILES string of the molecule is C=Cc1c(/C=C\C)n(-c2cccc(C(=C)/C=C\N=C)c2)c2c1ccc1c2cc(-c2ccccc2)n1C1=CCCC=C1. The minimum Gasteiger partial charge on any atom is -0.310 e. The number of allylic oxidation sites excluding steroid dienone is 7. The maximum atomic E-state index is 4.26. The quantitative estimate of drug-likeness (QED) is 0.140. The van der Waals surface area contributed by atoms with Gasteiger partial charge in [-0.2, -0.15) is 0 Å². The average molecular weight is 532 g/mol. The van der Waals surface area contributed by atoms with Crippen molar-refractivity contribution in [2.45, 2.75) is 19.8 Å². The van der Waals surface area contributed by atoms with E-state index >= 15 is 0 Å². The van der Waals surface area contributed by atoms with E-state index in [1.807, 2.05) is 12.2 Å². The van der Waals surface area contributed by atoms with Crippen molar-refractivity contribution < 1.29 is 0 Å². The first-order valence-corrected chi connectivity index (χ1v) is 14.0. The van der Waals surface area contributed by atoms with Crippen LogP contribution in [0.3, 0.4) is 0 Å². The number of nitrogens with zero attached hydrogens (tertiary/aromatic N) is 3. The van der Waals surface area contributed by atoms with Crippen LogP contribution in [0.15, 0.2) is 128 Å². The van der Waals surface area contributed by atoms with Crippen LogP contribution in [0.4, 0.5) is 0 Å². The molecule has 3 aromatic carbocycles. The molecular formula is C38H33N3. The number of hydrogen-bond acceptors (Lipinski definition) is 1. The Morgan fingerprint density at radius 1 is 0.927 bits per heavy atom. The Morgan fingerprint density at radius 3 is 2.51 bits per heavy atom. The van der Waals surface area contributed by atoms with Crippen LogP contribution in [0.25, 0.3) is 62.2 Å². The highest BCUT2D eigenvalue weighted by Gasteiger charge is 2.22. The molecule has 2 aromatic heterocycles. The Hall–Kier alpha value is -5.15. The molecule has 0 unspecified atom stereocenters. The van der Waals surface area contributed by atoms with Crippen LogP contribution in [-0.4, -0.2) is 15.9 Å². The molecule has 3 nitrogen and oxygen atoms in total. The van der Waals surface area contributed by atoms with Crippen molar-refractivity contribution >= 4 is 51.9 Å². The second kappa shape index (κ2) is 11.1. The lowest BCUT2D eigenvalue weighted by atomic mass is 10.1. The maximum Gasteiger partial charge on any atom is 0.0635 e. The van der Waals surface area contributed by atoms with Gasteiger partial charge in [0.2, 0.25) is 0 Å². The van der Waals surface area contributed by atoms with E-state index in [9.17, 15) is 0 Å². The molecule has 200 valence electrons. The maximum absolute atomic E-state index is 4.26. The summed E-state index contributed by atoms with van der Waals surface area (Å²) in [5.41, 5.74) is 11.1. The van der Waals surface area contributed by atoms with Crippen LogP contribution in [0, 0.1) is 0 Å². The summed E-state index contributed by atoms with van der Waals surface area (Å²) in [7, 11) is 0. The molecule has 6 rings (SSSR count). The molecule has 0 fully saturated rings. The molecule has 41 heavy (non-hydrogen) atoms. The summed E-state index contributed by atoms with van der Waals surface area (Å²) in [5, 5.41) is 2.37. The van der Waals surface area contributed by atoms with Gasteiger partial charge in [-0.15, -0.1) is 0 Å². The van der Waals surface area contributed by atoms with E-state index in [-0.39, 0.29) is 0 Å². The van der Waals surface area contributed by atoms with Crippen LogP contribution >= 0.6 is 0 Å². The van der Waals surface area contributed by atoms with Gasteiger partial charge in [0.1, 0.15) is 0 Å². The van der Waals surface area contributed by atoms with Crippen LogP contribution in [0.5, 0.6) is 0 Å². The number of rotatable bonds is 8. The Balaban J connectivity index is 1.73. The number of aliphatic imine (C=N–C) groups is 1. The van der Waals surface area contributed by atoms with Gasteiger partial charge in [-0.1, -0.05) is 86.0 Å². The zero-order chi connectivity index (χ0) is 28.3. The third kappa shape index (κ3) is 4.56. The number of benzene rings is 3. The number of fused-ring (bicyclic) bond motifs is 3. The Morgan fingerprint density at radius 2 is 1.78 bits per heavy atom. The molecule has 0 radical (unpaired) electrons. The molecule has 1 aliphatic rings. The van der Waals surface area contributed by atoms with Crippen molar-refractivity contribution in [3.8, 4) is 16.9 Å². The van der Waals surface area contributed by atoms with E-state index < -0.39 is 0 Å². The zero-order valence-corrected chi connectivity index (χ0v) is 23.4. The highest BCUT2D eigenvalue weighted by atomic mass is 15.0. The van der Waals surface area contributed by atoms with E-state index in [0.717, 1.165) is 46.4 Å². The molecule has 2 heterocycles. The third-order valence-corrected chi connectivity index (χ3v) is 7.68. The fourth-order valence-electron chi connectivity index (χ4n) is 5.86. The molecule has 0 saturated heterocycles. The minimum atomic E-state index is 0.880. The molecule has 0 atom stereocenters. The topological polar surface area (TPSA) is 22.2 Å². The largest absolute Gasteiger partial charge is 0.310 e. The highest BCUT2D eigenvalue weighted by molar-refractivity contribution is 6.13. The van der Waals surface area contributed by atoms with Crippen molar-refractivity contribution in [3.63, 3.8) is 0 Å². The summed E-state index contributed by atoms with van der Waals surface area (Å²) in [6.45, 7) is 14.1. The molecule has 3 heteroatoms.